The van der Waals surface area contributed by atoms with Gasteiger partial charge in [-0.3, -0.25) is 4.79 Å². The first-order chi connectivity index (χ1) is 11.4. The largest absolute Gasteiger partial charge is 0.377 e. The van der Waals surface area contributed by atoms with Crippen molar-refractivity contribution < 1.29 is 9.53 Å². The number of carbonyl (C=O) groups excluding carboxylic acids is 1. The van der Waals surface area contributed by atoms with Crippen LogP contribution in [0.15, 0.2) is 24.3 Å². The van der Waals surface area contributed by atoms with Crippen molar-refractivity contribution in [1.29, 1.82) is 0 Å². The molecule has 0 unspecified atom stereocenters. The molecule has 1 aromatic carbocycles. The number of aromatic nitrogens is 2. The zero-order valence-electron chi connectivity index (χ0n) is 15.5. The first-order valence-corrected chi connectivity index (χ1v) is 8.63. The molecule has 0 spiro atoms. The summed E-state index contributed by atoms with van der Waals surface area (Å²) in [4.78, 5) is 19.5. The second-order valence-corrected chi connectivity index (χ2v) is 7.12. The quantitative estimate of drug-likeness (QED) is 0.745. The van der Waals surface area contributed by atoms with Gasteiger partial charge in [-0.25, -0.2) is 4.98 Å². The van der Waals surface area contributed by atoms with Gasteiger partial charge in [0.05, 0.1) is 11.0 Å². The normalized spacial score (nSPS) is 11.6. The highest BCUT2D eigenvalue weighted by atomic mass is 16.5. The van der Waals surface area contributed by atoms with Gasteiger partial charge in [-0.15, -0.1) is 0 Å². The van der Waals surface area contributed by atoms with Gasteiger partial charge in [-0.1, -0.05) is 39.8 Å². The van der Waals surface area contributed by atoms with E-state index in [4.69, 9.17) is 4.74 Å². The molecular weight excluding hydrogens is 302 g/mol. The van der Waals surface area contributed by atoms with Gasteiger partial charge in [0.1, 0.15) is 19.0 Å². The Bertz CT molecular complexity index is 666. The highest BCUT2D eigenvalue weighted by Crippen LogP contribution is 2.17. The monoisotopic (exact) mass is 331 g/mol. The predicted molar refractivity (Wildman–Crippen MR) is 96.7 cm³/mol. The minimum absolute atomic E-state index is 0.137. The third kappa shape index (κ3) is 4.57. The van der Waals surface area contributed by atoms with Gasteiger partial charge in [0.25, 0.3) is 0 Å². The van der Waals surface area contributed by atoms with Crippen LogP contribution in [0.25, 0.3) is 11.0 Å². The number of carbonyl (C=O) groups is 1. The number of nitrogens with zero attached hydrogens (tertiary/aromatic N) is 3. The fourth-order valence-electron chi connectivity index (χ4n) is 2.94. The van der Waals surface area contributed by atoms with Gasteiger partial charge in [0, 0.05) is 20.2 Å². The van der Waals surface area contributed by atoms with Crippen LogP contribution in [-0.2, 0) is 22.7 Å². The van der Waals surface area contributed by atoms with Gasteiger partial charge >= 0.3 is 0 Å². The van der Waals surface area contributed by atoms with E-state index in [0.717, 1.165) is 29.9 Å². The average molecular weight is 331 g/mol. The molecule has 5 heteroatoms. The van der Waals surface area contributed by atoms with E-state index in [9.17, 15) is 4.79 Å². The summed E-state index contributed by atoms with van der Waals surface area (Å²) >= 11 is 0. The molecule has 0 aliphatic rings. The molecule has 1 heterocycles. The van der Waals surface area contributed by atoms with Crippen molar-refractivity contribution in [2.75, 3.05) is 20.2 Å². The summed E-state index contributed by atoms with van der Waals surface area (Å²) < 4.78 is 7.24. The van der Waals surface area contributed by atoms with Crippen molar-refractivity contribution in [3.05, 3.63) is 30.1 Å². The Morgan fingerprint density at radius 3 is 2.38 bits per heavy atom. The summed E-state index contributed by atoms with van der Waals surface area (Å²) in [5, 5.41) is 0. The molecule has 24 heavy (non-hydrogen) atoms. The van der Waals surface area contributed by atoms with Gasteiger partial charge in [0.15, 0.2) is 0 Å². The maximum atomic E-state index is 12.9. The van der Waals surface area contributed by atoms with E-state index >= 15 is 0 Å². The molecule has 2 rings (SSSR count). The third-order valence-corrected chi connectivity index (χ3v) is 3.82. The maximum absolute atomic E-state index is 12.9. The van der Waals surface area contributed by atoms with E-state index in [0.29, 0.717) is 25.0 Å². The first kappa shape index (κ1) is 18.5. The molecule has 2 aromatic rings. The lowest BCUT2D eigenvalue weighted by atomic mass is 10.1. The van der Waals surface area contributed by atoms with Crippen molar-refractivity contribution >= 4 is 16.9 Å². The van der Waals surface area contributed by atoms with Crippen molar-refractivity contribution in [3.8, 4) is 0 Å². The Morgan fingerprint density at radius 1 is 1.17 bits per heavy atom. The molecule has 1 amide bonds. The molecule has 1 aromatic heterocycles. The third-order valence-electron chi connectivity index (χ3n) is 3.82. The number of hydrogen-bond acceptors (Lipinski definition) is 3. The summed E-state index contributed by atoms with van der Waals surface area (Å²) in [5.41, 5.74) is 1.88. The Balaban J connectivity index is 2.28. The van der Waals surface area contributed by atoms with Crippen LogP contribution < -0.4 is 0 Å². The molecular formula is C19H29N3O2. The molecule has 0 saturated carbocycles. The summed E-state index contributed by atoms with van der Waals surface area (Å²) in [5.74, 6) is 1.83. The lowest BCUT2D eigenvalue weighted by molar-refractivity contribution is -0.132. The van der Waals surface area contributed by atoms with Crippen LogP contribution in [-0.4, -0.2) is 40.6 Å². The number of para-hydroxylation sites is 2. The minimum Gasteiger partial charge on any atom is -0.377 e. The summed E-state index contributed by atoms with van der Waals surface area (Å²) in [6.45, 7) is 10.8. The maximum Gasteiger partial charge on any atom is 0.242 e. The van der Waals surface area contributed by atoms with Gasteiger partial charge in [-0.2, -0.15) is 0 Å². The molecule has 0 fully saturated rings. The molecule has 5 nitrogen and oxygen atoms in total. The number of methoxy groups -OCH3 is 1. The van der Waals surface area contributed by atoms with Crippen LogP contribution in [0.1, 0.15) is 33.5 Å². The smallest absolute Gasteiger partial charge is 0.242 e. The van der Waals surface area contributed by atoms with E-state index in [-0.39, 0.29) is 5.91 Å². The molecule has 0 N–H and O–H groups in total. The highest BCUT2D eigenvalue weighted by molar-refractivity contribution is 5.81. The van der Waals surface area contributed by atoms with Crippen LogP contribution in [0.3, 0.4) is 0 Å². The molecule has 0 atom stereocenters. The fourth-order valence-corrected chi connectivity index (χ4v) is 2.94. The molecule has 0 bridgehead atoms. The predicted octanol–water partition coefficient (Wildman–Crippen LogP) is 3.32. The number of imidazole rings is 1. The zero-order chi connectivity index (χ0) is 17.7. The van der Waals surface area contributed by atoms with E-state index in [2.05, 4.69) is 32.7 Å². The molecule has 132 valence electrons. The number of amides is 1. The molecule has 0 aliphatic heterocycles. The van der Waals surface area contributed by atoms with E-state index in [1.165, 1.54) is 0 Å². The lowest BCUT2D eigenvalue weighted by Crippen LogP contribution is -2.39. The molecule has 0 radical (unpaired) electrons. The van der Waals surface area contributed by atoms with Gasteiger partial charge in [-0.05, 0) is 24.0 Å². The number of fused-ring (bicyclic) bond motifs is 1. The van der Waals surface area contributed by atoms with Crippen molar-refractivity contribution in [1.82, 2.24) is 14.5 Å². The van der Waals surface area contributed by atoms with Crippen molar-refractivity contribution in [2.45, 2.75) is 40.8 Å². The van der Waals surface area contributed by atoms with Crippen LogP contribution >= 0.6 is 0 Å². The average Bonchev–Trinajstić information content (AvgIpc) is 2.84. The van der Waals surface area contributed by atoms with Crippen molar-refractivity contribution in [2.24, 2.45) is 11.8 Å². The van der Waals surface area contributed by atoms with Crippen LogP contribution in [0.4, 0.5) is 0 Å². The van der Waals surface area contributed by atoms with Gasteiger partial charge < -0.3 is 14.2 Å². The second kappa shape index (κ2) is 8.29. The summed E-state index contributed by atoms with van der Waals surface area (Å²) in [7, 11) is 1.65. The van der Waals surface area contributed by atoms with Crippen LogP contribution in [0, 0.1) is 11.8 Å². The zero-order valence-corrected chi connectivity index (χ0v) is 15.5. The highest BCUT2D eigenvalue weighted by Gasteiger charge is 2.19. The summed E-state index contributed by atoms with van der Waals surface area (Å²) in [6.07, 6.45) is 0. The van der Waals surface area contributed by atoms with E-state index in [1.54, 1.807) is 7.11 Å². The topological polar surface area (TPSA) is 47.4 Å². The first-order valence-electron chi connectivity index (χ1n) is 8.63. The number of hydrogen-bond donors (Lipinski definition) is 0. The van der Waals surface area contributed by atoms with E-state index < -0.39 is 0 Å². The Morgan fingerprint density at radius 2 is 1.79 bits per heavy atom. The number of rotatable bonds is 8. The van der Waals surface area contributed by atoms with E-state index in [1.807, 2.05) is 33.7 Å². The van der Waals surface area contributed by atoms with Crippen molar-refractivity contribution in [3.63, 3.8) is 0 Å². The summed E-state index contributed by atoms with van der Waals surface area (Å²) in [6, 6.07) is 7.91. The number of ether oxygens (including phenoxy) is 1. The molecule has 0 saturated heterocycles. The standard InChI is InChI=1S/C19H29N3O2/c1-14(2)10-21(11-15(3)4)19(23)12-22-17-9-7-6-8-16(17)20-18(22)13-24-5/h6-9,14-15H,10-13H2,1-5H3. The molecule has 0 aliphatic carbocycles. The SMILES string of the molecule is COCc1nc2ccccc2n1CC(=O)N(CC(C)C)CC(C)C. The Hall–Kier alpha value is -1.88. The van der Waals surface area contributed by atoms with Crippen LogP contribution in [0.5, 0.6) is 0 Å². The fraction of sp³-hybridized carbons (Fsp3) is 0.579. The Kier molecular flexibility index (Phi) is 6.37. The lowest BCUT2D eigenvalue weighted by Gasteiger charge is -2.27. The minimum atomic E-state index is 0.137. The van der Waals surface area contributed by atoms with Crippen LogP contribution in [0.2, 0.25) is 0 Å². The van der Waals surface area contributed by atoms with Gasteiger partial charge in [0.2, 0.25) is 5.91 Å². The Labute approximate surface area is 144 Å². The number of benzene rings is 1. The second-order valence-electron chi connectivity index (χ2n) is 7.12.